The van der Waals surface area contributed by atoms with E-state index in [1.807, 2.05) is 17.1 Å². The van der Waals surface area contributed by atoms with Crippen LogP contribution in [0.25, 0.3) is 5.70 Å². The summed E-state index contributed by atoms with van der Waals surface area (Å²) in [6.07, 6.45) is 15.1. The van der Waals surface area contributed by atoms with Crippen molar-refractivity contribution < 1.29 is 0 Å². The molecule has 0 radical (unpaired) electrons. The van der Waals surface area contributed by atoms with Crippen molar-refractivity contribution in [3.63, 3.8) is 0 Å². The second-order valence-corrected chi connectivity index (χ2v) is 3.42. The van der Waals surface area contributed by atoms with Crippen LogP contribution in [0, 0.1) is 0 Å². The molecule has 1 heterocycles. The molecule has 2 nitrogen and oxygen atoms in total. The van der Waals surface area contributed by atoms with Gasteiger partial charge in [0.15, 0.2) is 0 Å². The Balaban J connectivity index is 2.22. The molecule has 2 rings (SSSR count). The standard InChI is InChI=1S/C11H12N2S/c14-8-10-2-1-3-11(5-4-10)13-7-6-12-9-13/h2-7,9,14H,1,8H2. The molecule has 1 aliphatic carbocycles. The van der Waals surface area contributed by atoms with E-state index >= 15 is 0 Å². The van der Waals surface area contributed by atoms with Gasteiger partial charge in [-0.15, -0.1) is 0 Å². The molecule has 3 heteroatoms. The molecule has 0 saturated carbocycles. The van der Waals surface area contributed by atoms with Crippen LogP contribution in [0.1, 0.15) is 6.42 Å². The zero-order chi connectivity index (χ0) is 9.80. The van der Waals surface area contributed by atoms with Crippen LogP contribution in [-0.2, 0) is 0 Å². The summed E-state index contributed by atoms with van der Waals surface area (Å²) < 4.78 is 2.01. The number of thiol groups is 1. The van der Waals surface area contributed by atoms with Crippen molar-refractivity contribution in [2.45, 2.75) is 6.42 Å². The lowest BCUT2D eigenvalue weighted by atomic mass is 10.2. The topological polar surface area (TPSA) is 17.8 Å². The van der Waals surface area contributed by atoms with Crippen LogP contribution < -0.4 is 0 Å². The Bertz CT molecular complexity index is 385. The van der Waals surface area contributed by atoms with E-state index in [-0.39, 0.29) is 0 Å². The van der Waals surface area contributed by atoms with Gasteiger partial charge in [-0.3, -0.25) is 0 Å². The molecule has 0 aliphatic heterocycles. The number of rotatable bonds is 2. The van der Waals surface area contributed by atoms with Crippen molar-refractivity contribution in [3.05, 3.63) is 48.6 Å². The summed E-state index contributed by atoms with van der Waals surface area (Å²) in [5.41, 5.74) is 2.43. The number of hydrogen-bond donors (Lipinski definition) is 1. The molecule has 1 aliphatic rings. The van der Waals surface area contributed by atoms with Crippen LogP contribution in [0.15, 0.2) is 48.6 Å². The monoisotopic (exact) mass is 204 g/mol. The predicted octanol–water partition coefficient (Wildman–Crippen LogP) is 2.54. The third-order valence-corrected chi connectivity index (χ3v) is 2.53. The molecule has 1 aromatic heterocycles. The molecule has 72 valence electrons. The lowest BCUT2D eigenvalue weighted by Gasteiger charge is -2.00. The molecule has 0 bridgehead atoms. The van der Waals surface area contributed by atoms with Gasteiger partial charge in [-0.2, -0.15) is 12.6 Å². The maximum Gasteiger partial charge on any atom is 0.0991 e. The summed E-state index contributed by atoms with van der Waals surface area (Å²) >= 11 is 4.25. The predicted molar refractivity (Wildman–Crippen MR) is 62.2 cm³/mol. The van der Waals surface area contributed by atoms with E-state index in [0.29, 0.717) is 0 Å². The van der Waals surface area contributed by atoms with E-state index in [4.69, 9.17) is 0 Å². The average Bonchev–Trinajstić information content (AvgIpc) is 2.63. The second-order valence-electron chi connectivity index (χ2n) is 3.11. The van der Waals surface area contributed by atoms with Gasteiger partial charge in [0.05, 0.1) is 6.33 Å². The Morgan fingerprint density at radius 1 is 1.36 bits per heavy atom. The van der Waals surface area contributed by atoms with Gasteiger partial charge in [-0.05, 0) is 18.1 Å². The Labute approximate surface area is 89.1 Å². The molecule has 0 unspecified atom stereocenters. The average molecular weight is 204 g/mol. The van der Waals surface area contributed by atoms with Crippen molar-refractivity contribution in [3.8, 4) is 0 Å². The van der Waals surface area contributed by atoms with Gasteiger partial charge in [0.25, 0.3) is 0 Å². The van der Waals surface area contributed by atoms with Crippen molar-refractivity contribution in [1.29, 1.82) is 0 Å². The van der Waals surface area contributed by atoms with Crippen LogP contribution >= 0.6 is 12.6 Å². The van der Waals surface area contributed by atoms with Gasteiger partial charge in [-0.25, -0.2) is 4.98 Å². The lowest BCUT2D eigenvalue weighted by molar-refractivity contribution is 1.09. The summed E-state index contributed by atoms with van der Waals surface area (Å²) in [5.74, 6) is 0.793. The molecule has 0 spiro atoms. The third kappa shape index (κ3) is 1.99. The van der Waals surface area contributed by atoms with E-state index in [1.54, 1.807) is 6.20 Å². The maximum atomic E-state index is 4.25. The molecule has 0 saturated heterocycles. The minimum Gasteiger partial charge on any atom is -0.307 e. The SMILES string of the molecule is SCC1=CCC=C(n2ccnc2)C=C1. The number of hydrogen-bond acceptors (Lipinski definition) is 2. The first-order valence-electron chi connectivity index (χ1n) is 4.56. The first kappa shape index (κ1) is 9.34. The Kier molecular flexibility index (Phi) is 2.89. The van der Waals surface area contributed by atoms with Crippen LogP contribution in [0.2, 0.25) is 0 Å². The first-order valence-corrected chi connectivity index (χ1v) is 5.20. The Hall–Kier alpha value is -1.22. The fourth-order valence-corrected chi connectivity index (χ4v) is 1.61. The van der Waals surface area contributed by atoms with Gasteiger partial charge in [-0.1, -0.05) is 18.2 Å². The van der Waals surface area contributed by atoms with E-state index in [0.717, 1.165) is 17.9 Å². The zero-order valence-electron chi connectivity index (χ0n) is 7.80. The molecule has 0 fully saturated rings. The molecule has 0 atom stereocenters. The Morgan fingerprint density at radius 3 is 3.00 bits per heavy atom. The largest absolute Gasteiger partial charge is 0.307 e. The van der Waals surface area contributed by atoms with Crippen molar-refractivity contribution in [1.82, 2.24) is 9.55 Å². The fraction of sp³-hybridized carbons (Fsp3) is 0.182. The highest BCUT2D eigenvalue weighted by molar-refractivity contribution is 7.80. The van der Waals surface area contributed by atoms with E-state index in [1.165, 1.54) is 5.57 Å². The van der Waals surface area contributed by atoms with Gasteiger partial charge in [0.2, 0.25) is 0 Å². The van der Waals surface area contributed by atoms with E-state index in [2.05, 4.69) is 41.9 Å². The van der Waals surface area contributed by atoms with E-state index in [9.17, 15) is 0 Å². The highest BCUT2D eigenvalue weighted by Crippen LogP contribution is 2.14. The molecule has 14 heavy (non-hydrogen) atoms. The fourth-order valence-electron chi connectivity index (χ4n) is 1.38. The molecule has 0 amide bonds. The van der Waals surface area contributed by atoms with Gasteiger partial charge in [0.1, 0.15) is 0 Å². The van der Waals surface area contributed by atoms with Crippen molar-refractivity contribution in [2.24, 2.45) is 0 Å². The molecule has 1 aromatic rings. The lowest BCUT2D eigenvalue weighted by Crippen LogP contribution is -1.89. The summed E-state index contributed by atoms with van der Waals surface area (Å²) in [7, 11) is 0. The molecular weight excluding hydrogens is 192 g/mol. The second kappa shape index (κ2) is 4.33. The number of allylic oxidation sites excluding steroid dienone is 5. The summed E-state index contributed by atoms with van der Waals surface area (Å²) in [5, 5.41) is 0. The van der Waals surface area contributed by atoms with Gasteiger partial charge >= 0.3 is 0 Å². The normalized spacial score (nSPS) is 16.1. The summed E-state index contributed by atoms with van der Waals surface area (Å²) in [4.78, 5) is 4.02. The van der Waals surface area contributed by atoms with Gasteiger partial charge in [0, 0.05) is 23.8 Å². The molecule has 0 aromatic carbocycles. The summed E-state index contributed by atoms with van der Waals surface area (Å²) in [6.45, 7) is 0. The van der Waals surface area contributed by atoms with Gasteiger partial charge < -0.3 is 4.57 Å². The number of aromatic nitrogens is 2. The van der Waals surface area contributed by atoms with Crippen LogP contribution in [-0.4, -0.2) is 15.3 Å². The molecular formula is C11H12N2S. The van der Waals surface area contributed by atoms with E-state index < -0.39 is 0 Å². The van der Waals surface area contributed by atoms with Crippen LogP contribution in [0.4, 0.5) is 0 Å². The van der Waals surface area contributed by atoms with Crippen LogP contribution in [0.5, 0.6) is 0 Å². The first-order chi connectivity index (χ1) is 6.90. The smallest absolute Gasteiger partial charge is 0.0991 e. The minimum atomic E-state index is 0.793. The highest BCUT2D eigenvalue weighted by Gasteiger charge is 1.98. The Morgan fingerprint density at radius 2 is 2.29 bits per heavy atom. The van der Waals surface area contributed by atoms with Crippen LogP contribution in [0.3, 0.4) is 0 Å². The zero-order valence-corrected chi connectivity index (χ0v) is 8.69. The van der Waals surface area contributed by atoms with Crippen molar-refractivity contribution in [2.75, 3.05) is 5.75 Å². The highest BCUT2D eigenvalue weighted by atomic mass is 32.1. The quantitative estimate of drug-likeness (QED) is 0.733. The number of nitrogens with zero attached hydrogens (tertiary/aromatic N) is 2. The molecule has 0 N–H and O–H groups in total. The van der Waals surface area contributed by atoms with Crippen molar-refractivity contribution >= 4 is 18.3 Å². The number of imidazole rings is 1. The minimum absolute atomic E-state index is 0.793. The summed E-state index contributed by atoms with van der Waals surface area (Å²) in [6, 6.07) is 0. The maximum absolute atomic E-state index is 4.25. The third-order valence-electron chi connectivity index (χ3n) is 2.16.